The Morgan fingerprint density at radius 2 is 2.38 bits per heavy atom. The Balaban J connectivity index is 2.66. The van der Waals surface area contributed by atoms with Crippen molar-refractivity contribution in [3.63, 3.8) is 0 Å². The quantitative estimate of drug-likeness (QED) is 0.830. The summed E-state index contributed by atoms with van der Waals surface area (Å²) in [4.78, 5) is 17.1. The van der Waals surface area contributed by atoms with Crippen molar-refractivity contribution in [2.45, 2.75) is 39.8 Å². The molecule has 0 saturated carbocycles. The van der Waals surface area contributed by atoms with Gasteiger partial charge in [-0.15, -0.1) is 11.3 Å². The molecule has 0 spiro atoms. The molecule has 0 saturated heterocycles. The van der Waals surface area contributed by atoms with Gasteiger partial charge in [0.2, 0.25) is 0 Å². The summed E-state index contributed by atoms with van der Waals surface area (Å²) >= 11 is 1.59. The summed E-state index contributed by atoms with van der Waals surface area (Å²) in [5.41, 5.74) is 0.999. The number of rotatable bonds is 6. The van der Waals surface area contributed by atoms with Crippen LogP contribution >= 0.6 is 11.3 Å². The first-order valence-corrected chi connectivity index (χ1v) is 6.27. The third kappa shape index (κ3) is 3.90. The molecule has 1 aromatic rings. The Morgan fingerprint density at radius 1 is 1.69 bits per heavy atom. The number of aliphatic carboxylic acids is 1. The van der Waals surface area contributed by atoms with Gasteiger partial charge in [0.25, 0.3) is 0 Å². The predicted octanol–water partition coefficient (Wildman–Crippen LogP) is 2.14. The Labute approximate surface area is 99.9 Å². The maximum atomic E-state index is 10.8. The van der Waals surface area contributed by atoms with Crippen LogP contribution in [0.25, 0.3) is 0 Å². The van der Waals surface area contributed by atoms with Gasteiger partial charge in [-0.25, -0.2) is 4.98 Å². The zero-order valence-electron chi connectivity index (χ0n) is 9.93. The number of hydrogen-bond acceptors (Lipinski definition) is 4. The number of carboxylic acid groups (broad SMARTS) is 1. The molecule has 1 aromatic heterocycles. The van der Waals surface area contributed by atoms with Gasteiger partial charge in [0.15, 0.2) is 0 Å². The number of carboxylic acids is 1. The van der Waals surface area contributed by atoms with Gasteiger partial charge in [-0.1, -0.05) is 6.92 Å². The van der Waals surface area contributed by atoms with Crippen LogP contribution < -0.4 is 0 Å². The third-order valence-electron chi connectivity index (χ3n) is 2.56. The number of thiazole rings is 1. The highest BCUT2D eigenvalue weighted by Gasteiger charge is 2.17. The summed E-state index contributed by atoms with van der Waals surface area (Å²) in [6, 6.07) is 0.264. The topological polar surface area (TPSA) is 53.4 Å². The van der Waals surface area contributed by atoms with Gasteiger partial charge >= 0.3 is 5.97 Å². The van der Waals surface area contributed by atoms with Crippen molar-refractivity contribution in [1.82, 2.24) is 9.88 Å². The highest BCUT2D eigenvalue weighted by atomic mass is 32.1. The third-order valence-corrected chi connectivity index (χ3v) is 3.51. The standard InChI is InChI=1S/C11H18N2O2S/c1-4-9(3)13(6-11(14)15)5-10-12-8(2)7-16-10/h7,9H,4-6H2,1-3H3,(H,14,15). The molecule has 0 bridgehead atoms. The molecule has 0 aliphatic heterocycles. The minimum Gasteiger partial charge on any atom is -0.480 e. The van der Waals surface area contributed by atoms with E-state index in [1.165, 1.54) is 0 Å². The SMILES string of the molecule is CCC(C)N(CC(=O)O)Cc1nc(C)cs1. The molecule has 0 fully saturated rings. The molecule has 1 atom stereocenters. The molecule has 16 heavy (non-hydrogen) atoms. The summed E-state index contributed by atoms with van der Waals surface area (Å²) in [5, 5.41) is 11.8. The summed E-state index contributed by atoms with van der Waals surface area (Å²) < 4.78 is 0. The van der Waals surface area contributed by atoms with E-state index in [4.69, 9.17) is 5.11 Å². The molecular weight excluding hydrogens is 224 g/mol. The lowest BCUT2D eigenvalue weighted by atomic mass is 10.2. The molecule has 5 heteroatoms. The second-order valence-corrected chi connectivity index (χ2v) is 4.88. The lowest BCUT2D eigenvalue weighted by Gasteiger charge is -2.25. The van der Waals surface area contributed by atoms with Crippen LogP contribution in [0.1, 0.15) is 31.0 Å². The van der Waals surface area contributed by atoms with Gasteiger partial charge in [-0.3, -0.25) is 9.69 Å². The minimum absolute atomic E-state index is 0.0770. The molecule has 1 N–H and O–H groups in total. The molecule has 0 aromatic carbocycles. The number of aromatic nitrogens is 1. The summed E-state index contributed by atoms with van der Waals surface area (Å²) in [6.45, 7) is 6.76. The van der Waals surface area contributed by atoms with Gasteiger partial charge in [-0.05, 0) is 20.3 Å². The first kappa shape index (κ1) is 13.1. The Kier molecular flexibility index (Phi) is 4.89. The molecule has 0 aliphatic rings. The number of nitrogens with zero attached hydrogens (tertiary/aromatic N) is 2. The number of carbonyl (C=O) groups is 1. The van der Waals surface area contributed by atoms with Crippen LogP contribution in [0.4, 0.5) is 0 Å². The maximum absolute atomic E-state index is 10.8. The Morgan fingerprint density at radius 3 is 2.81 bits per heavy atom. The fourth-order valence-electron chi connectivity index (χ4n) is 1.45. The molecular formula is C11H18N2O2S. The highest BCUT2D eigenvalue weighted by molar-refractivity contribution is 7.09. The van der Waals surface area contributed by atoms with Gasteiger partial charge in [0, 0.05) is 17.1 Å². The molecule has 0 radical (unpaired) electrons. The van der Waals surface area contributed by atoms with E-state index in [2.05, 4.69) is 11.9 Å². The Hall–Kier alpha value is -0.940. The van der Waals surface area contributed by atoms with Gasteiger partial charge in [0.05, 0.1) is 13.1 Å². The van der Waals surface area contributed by atoms with Crippen molar-refractivity contribution in [2.24, 2.45) is 0 Å². The average Bonchev–Trinajstić information content (AvgIpc) is 2.61. The van der Waals surface area contributed by atoms with E-state index in [1.807, 2.05) is 24.1 Å². The van der Waals surface area contributed by atoms with E-state index in [0.29, 0.717) is 6.54 Å². The van der Waals surface area contributed by atoms with Crippen LogP contribution in [0, 0.1) is 6.92 Å². The van der Waals surface area contributed by atoms with Crippen LogP contribution in [0.3, 0.4) is 0 Å². The first-order chi connectivity index (χ1) is 7.52. The fraction of sp³-hybridized carbons (Fsp3) is 0.636. The lowest BCUT2D eigenvalue weighted by Crippen LogP contribution is -2.36. The lowest BCUT2D eigenvalue weighted by molar-refractivity contribution is -0.139. The van der Waals surface area contributed by atoms with Crippen molar-refractivity contribution in [3.05, 3.63) is 16.1 Å². The normalized spacial score (nSPS) is 13.0. The number of hydrogen-bond donors (Lipinski definition) is 1. The van der Waals surface area contributed by atoms with Crippen molar-refractivity contribution in [3.8, 4) is 0 Å². The van der Waals surface area contributed by atoms with Crippen molar-refractivity contribution in [2.75, 3.05) is 6.54 Å². The molecule has 90 valence electrons. The summed E-state index contributed by atoms with van der Waals surface area (Å²) in [6.07, 6.45) is 0.942. The van der Waals surface area contributed by atoms with E-state index in [0.717, 1.165) is 17.1 Å². The van der Waals surface area contributed by atoms with E-state index < -0.39 is 5.97 Å². The maximum Gasteiger partial charge on any atom is 0.317 e. The van der Waals surface area contributed by atoms with Gasteiger partial charge in [0.1, 0.15) is 5.01 Å². The second-order valence-electron chi connectivity index (χ2n) is 3.94. The Bertz CT molecular complexity index is 352. The van der Waals surface area contributed by atoms with Crippen LogP contribution in [0.5, 0.6) is 0 Å². The highest BCUT2D eigenvalue weighted by Crippen LogP contribution is 2.14. The molecule has 4 nitrogen and oxygen atoms in total. The van der Waals surface area contributed by atoms with E-state index in [-0.39, 0.29) is 12.6 Å². The zero-order chi connectivity index (χ0) is 12.1. The van der Waals surface area contributed by atoms with Crippen LogP contribution in [0.15, 0.2) is 5.38 Å². The first-order valence-electron chi connectivity index (χ1n) is 5.39. The fourth-order valence-corrected chi connectivity index (χ4v) is 2.24. The molecule has 0 aliphatic carbocycles. The van der Waals surface area contributed by atoms with Crippen molar-refractivity contribution >= 4 is 17.3 Å². The van der Waals surface area contributed by atoms with Crippen LogP contribution in [-0.4, -0.2) is 33.5 Å². The molecule has 0 amide bonds. The van der Waals surface area contributed by atoms with E-state index in [1.54, 1.807) is 11.3 Å². The van der Waals surface area contributed by atoms with E-state index >= 15 is 0 Å². The van der Waals surface area contributed by atoms with Crippen LogP contribution in [0.2, 0.25) is 0 Å². The average molecular weight is 242 g/mol. The monoisotopic (exact) mass is 242 g/mol. The zero-order valence-corrected chi connectivity index (χ0v) is 10.8. The van der Waals surface area contributed by atoms with Crippen LogP contribution in [-0.2, 0) is 11.3 Å². The molecule has 1 rings (SSSR count). The summed E-state index contributed by atoms with van der Waals surface area (Å²) in [5.74, 6) is -0.784. The van der Waals surface area contributed by atoms with Crippen molar-refractivity contribution < 1.29 is 9.90 Å². The minimum atomic E-state index is -0.784. The largest absolute Gasteiger partial charge is 0.480 e. The van der Waals surface area contributed by atoms with E-state index in [9.17, 15) is 4.79 Å². The summed E-state index contributed by atoms with van der Waals surface area (Å²) in [7, 11) is 0. The smallest absolute Gasteiger partial charge is 0.317 e. The molecule has 1 unspecified atom stereocenters. The predicted molar refractivity (Wildman–Crippen MR) is 64.6 cm³/mol. The second kappa shape index (κ2) is 5.96. The molecule has 1 heterocycles. The number of aryl methyl sites for hydroxylation is 1. The van der Waals surface area contributed by atoms with Gasteiger partial charge in [-0.2, -0.15) is 0 Å². The van der Waals surface area contributed by atoms with Gasteiger partial charge < -0.3 is 5.11 Å². The van der Waals surface area contributed by atoms with Crippen molar-refractivity contribution in [1.29, 1.82) is 0 Å².